The number of rotatable bonds is 3. The van der Waals surface area contributed by atoms with Gasteiger partial charge in [-0.05, 0) is 16.0 Å². The number of aromatic nitrogens is 1. The van der Waals surface area contributed by atoms with Crippen LogP contribution in [0.2, 0.25) is 5.02 Å². The Balaban J connectivity index is 3.46. The van der Waals surface area contributed by atoms with E-state index < -0.39 is 39.4 Å². The fourth-order valence-corrected chi connectivity index (χ4v) is 1.28. The normalized spacial score (nSPS) is 10.4. The van der Waals surface area contributed by atoms with Crippen molar-refractivity contribution in [3.05, 3.63) is 32.5 Å². The Labute approximate surface area is 98.3 Å². The molecule has 17 heavy (non-hydrogen) atoms. The lowest BCUT2D eigenvalue weighted by Crippen LogP contribution is -2.09. The molecule has 1 aromatic heterocycles. The molecule has 0 N–H and O–H groups in total. The van der Waals surface area contributed by atoms with Gasteiger partial charge in [0, 0.05) is 0 Å². The molecule has 1 heterocycles. The smallest absolute Gasteiger partial charge is 0.378 e. The van der Waals surface area contributed by atoms with Crippen molar-refractivity contribution in [2.75, 3.05) is 7.11 Å². The number of nitrogens with zero attached hydrogens (tertiary/aromatic N) is 2. The Morgan fingerprint density at radius 1 is 1.65 bits per heavy atom. The Bertz CT molecular complexity index is 481. The number of carbonyl (C=O) groups is 1. The van der Waals surface area contributed by atoms with Crippen LogP contribution in [-0.4, -0.2) is 23.0 Å². The van der Waals surface area contributed by atoms with Gasteiger partial charge in [0.1, 0.15) is 0 Å². The average molecular weight is 267 g/mol. The summed E-state index contributed by atoms with van der Waals surface area (Å²) in [6, 6.07) is 0.736. The van der Waals surface area contributed by atoms with Crippen LogP contribution in [0.15, 0.2) is 6.07 Å². The van der Waals surface area contributed by atoms with Gasteiger partial charge in [0.2, 0.25) is 5.69 Å². The number of hydrogen-bond donors (Lipinski definition) is 0. The number of esters is 1. The lowest BCUT2D eigenvalue weighted by atomic mass is 10.2. The largest absolute Gasteiger partial charge is 0.465 e. The number of carbonyl (C=O) groups excluding carboxylic acids is 1. The summed E-state index contributed by atoms with van der Waals surface area (Å²) >= 11 is 5.43. The summed E-state index contributed by atoms with van der Waals surface area (Å²) in [4.78, 5) is 23.7. The van der Waals surface area contributed by atoms with Crippen molar-refractivity contribution >= 4 is 23.4 Å². The van der Waals surface area contributed by atoms with E-state index in [0.29, 0.717) is 0 Å². The number of pyridine rings is 1. The first-order valence-electron chi connectivity index (χ1n) is 4.09. The summed E-state index contributed by atoms with van der Waals surface area (Å²) in [7, 11) is 0.987. The van der Waals surface area contributed by atoms with Gasteiger partial charge in [-0.15, -0.1) is 0 Å². The molecule has 0 saturated carbocycles. The predicted octanol–water partition coefficient (Wildman–Crippen LogP) is 2.37. The Hall–Kier alpha value is -1.83. The van der Waals surface area contributed by atoms with Crippen LogP contribution in [0, 0.1) is 10.1 Å². The van der Waals surface area contributed by atoms with Crippen LogP contribution < -0.4 is 0 Å². The fraction of sp³-hybridized carbons (Fsp3) is 0.250. The molecule has 0 atom stereocenters. The first-order valence-corrected chi connectivity index (χ1v) is 4.47. The molecule has 9 heteroatoms. The number of ether oxygens (including phenoxy) is 1. The Morgan fingerprint density at radius 2 is 2.24 bits per heavy atom. The Kier molecular flexibility index (Phi) is 3.89. The van der Waals surface area contributed by atoms with Crippen LogP contribution >= 0.6 is 11.6 Å². The van der Waals surface area contributed by atoms with E-state index >= 15 is 0 Å². The van der Waals surface area contributed by atoms with Crippen molar-refractivity contribution in [1.82, 2.24) is 4.98 Å². The van der Waals surface area contributed by atoms with Crippen molar-refractivity contribution in [2.45, 2.75) is 6.43 Å². The van der Waals surface area contributed by atoms with Gasteiger partial charge in [0.25, 0.3) is 0 Å². The van der Waals surface area contributed by atoms with Crippen molar-refractivity contribution in [3.63, 3.8) is 0 Å². The zero-order valence-electron chi connectivity index (χ0n) is 8.32. The zero-order chi connectivity index (χ0) is 13.2. The molecule has 1 rings (SSSR count). The number of halogens is 3. The van der Waals surface area contributed by atoms with E-state index in [1.54, 1.807) is 0 Å². The van der Waals surface area contributed by atoms with E-state index in [1.807, 2.05) is 0 Å². The zero-order valence-corrected chi connectivity index (χ0v) is 9.07. The molecule has 0 aliphatic rings. The van der Waals surface area contributed by atoms with E-state index in [0.717, 1.165) is 13.2 Å². The quantitative estimate of drug-likeness (QED) is 0.476. The minimum absolute atomic E-state index is 0.536. The average Bonchev–Trinajstić information content (AvgIpc) is 2.26. The first-order chi connectivity index (χ1) is 7.88. The van der Waals surface area contributed by atoms with Crippen molar-refractivity contribution < 1.29 is 23.2 Å². The highest BCUT2D eigenvalue weighted by molar-refractivity contribution is 6.31. The number of alkyl halides is 2. The van der Waals surface area contributed by atoms with Crippen LogP contribution in [0.25, 0.3) is 0 Å². The van der Waals surface area contributed by atoms with Gasteiger partial charge in [-0.2, -0.15) is 0 Å². The maximum atomic E-state index is 12.4. The summed E-state index contributed by atoms with van der Waals surface area (Å²) in [5, 5.41) is 10.0. The molecule has 0 fully saturated rings. The third-order valence-corrected chi connectivity index (χ3v) is 2.07. The molecular formula is C8H5ClF2N2O4. The molecule has 0 amide bonds. The minimum atomic E-state index is -3.08. The molecule has 0 saturated heterocycles. The summed E-state index contributed by atoms with van der Waals surface area (Å²) < 4.78 is 29.1. The molecule has 0 radical (unpaired) electrons. The second kappa shape index (κ2) is 5.00. The van der Waals surface area contributed by atoms with Gasteiger partial charge in [0.15, 0.2) is 5.56 Å². The fourth-order valence-electron chi connectivity index (χ4n) is 1.05. The monoisotopic (exact) mass is 266 g/mol. The second-order valence-electron chi connectivity index (χ2n) is 2.78. The van der Waals surface area contributed by atoms with Gasteiger partial charge < -0.3 is 14.9 Å². The topological polar surface area (TPSA) is 82.3 Å². The highest BCUT2D eigenvalue weighted by Gasteiger charge is 2.30. The molecule has 6 nitrogen and oxygen atoms in total. The van der Waals surface area contributed by atoms with Crippen LogP contribution in [0.5, 0.6) is 0 Å². The molecule has 0 aliphatic carbocycles. The maximum Gasteiger partial charge on any atom is 0.378 e. The molecule has 0 spiro atoms. The Morgan fingerprint density at radius 3 is 2.65 bits per heavy atom. The van der Waals surface area contributed by atoms with Crippen molar-refractivity contribution in [3.8, 4) is 0 Å². The number of hydrogen-bond acceptors (Lipinski definition) is 5. The van der Waals surface area contributed by atoms with Crippen LogP contribution in [0.1, 0.15) is 22.5 Å². The van der Waals surface area contributed by atoms with E-state index in [1.165, 1.54) is 0 Å². The van der Waals surface area contributed by atoms with Gasteiger partial charge in [-0.3, -0.25) is 0 Å². The summed E-state index contributed by atoms with van der Waals surface area (Å²) in [6.07, 6.45) is -3.08. The molecular weight excluding hydrogens is 262 g/mol. The molecule has 0 aliphatic heterocycles. The van der Waals surface area contributed by atoms with Crippen LogP contribution in [-0.2, 0) is 4.74 Å². The van der Waals surface area contributed by atoms with Gasteiger partial charge >= 0.3 is 18.2 Å². The van der Waals surface area contributed by atoms with Crippen molar-refractivity contribution in [1.29, 1.82) is 0 Å². The molecule has 92 valence electrons. The van der Waals surface area contributed by atoms with Crippen molar-refractivity contribution in [2.24, 2.45) is 0 Å². The van der Waals surface area contributed by atoms with Crippen LogP contribution in [0.3, 0.4) is 0 Å². The second-order valence-corrected chi connectivity index (χ2v) is 3.18. The number of nitro groups is 1. The lowest BCUT2D eigenvalue weighted by Gasteiger charge is -2.03. The summed E-state index contributed by atoms with van der Waals surface area (Å²) in [6.45, 7) is 0. The molecule has 0 bridgehead atoms. The summed E-state index contributed by atoms with van der Waals surface area (Å²) in [5.41, 5.74) is -1.53. The van der Waals surface area contributed by atoms with E-state index in [2.05, 4.69) is 9.72 Å². The summed E-state index contributed by atoms with van der Waals surface area (Å²) in [5.74, 6) is -2.09. The highest BCUT2D eigenvalue weighted by Crippen LogP contribution is 2.30. The van der Waals surface area contributed by atoms with Crippen LogP contribution in [0.4, 0.5) is 14.6 Å². The third kappa shape index (κ3) is 2.64. The lowest BCUT2D eigenvalue weighted by molar-refractivity contribution is -0.390. The van der Waals surface area contributed by atoms with Gasteiger partial charge in [-0.25, -0.2) is 13.6 Å². The molecule has 1 aromatic rings. The number of methoxy groups -OCH3 is 1. The van der Waals surface area contributed by atoms with Gasteiger partial charge in [0.05, 0.1) is 12.1 Å². The third-order valence-electron chi connectivity index (χ3n) is 1.77. The minimum Gasteiger partial charge on any atom is -0.465 e. The standard InChI is InChI=1S/C8H5ClF2N2O4/c1-17-8(14)3-2-4(9)5(6(10)11)12-7(3)13(15)16/h2,6H,1H3. The highest BCUT2D eigenvalue weighted by atomic mass is 35.5. The van der Waals surface area contributed by atoms with E-state index in [-0.39, 0.29) is 0 Å². The molecule has 0 aromatic carbocycles. The maximum absolute atomic E-state index is 12.4. The molecule has 0 unspecified atom stereocenters. The van der Waals surface area contributed by atoms with E-state index in [4.69, 9.17) is 11.6 Å². The SMILES string of the molecule is COC(=O)c1cc(Cl)c(C(F)F)nc1[N+](=O)[O-]. The first kappa shape index (κ1) is 13.2. The van der Waals surface area contributed by atoms with E-state index in [9.17, 15) is 23.7 Å². The van der Waals surface area contributed by atoms with Gasteiger partial charge in [-0.1, -0.05) is 11.6 Å². The predicted molar refractivity (Wildman–Crippen MR) is 52.2 cm³/mol.